The highest BCUT2D eigenvalue weighted by atomic mass is 35.5. The number of benzene rings is 1. The summed E-state index contributed by atoms with van der Waals surface area (Å²) in [5, 5.41) is 4.70. The molecule has 0 atom stereocenters. The molecule has 30 heavy (non-hydrogen) atoms. The van der Waals surface area contributed by atoms with Crippen LogP contribution in [0.5, 0.6) is 0 Å². The molecule has 0 saturated heterocycles. The number of fused-ring (bicyclic) bond motifs is 3. The molecule has 5 nitrogen and oxygen atoms in total. The molecule has 1 saturated carbocycles. The van der Waals surface area contributed by atoms with Crippen LogP contribution in [-0.4, -0.2) is 21.6 Å². The first-order valence-corrected chi connectivity index (χ1v) is 12.6. The molecule has 0 radical (unpaired) electrons. The lowest BCUT2D eigenvalue weighted by molar-refractivity contribution is -0.121. The summed E-state index contributed by atoms with van der Waals surface area (Å²) in [6.45, 7) is 0. The Labute approximate surface area is 187 Å². The van der Waals surface area contributed by atoms with Crippen molar-refractivity contribution in [3.8, 4) is 0 Å². The molecule has 3 aromatic rings. The zero-order chi connectivity index (χ0) is 20.7. The van der Waals surface area contributed by atoms with Crippen LogP contribution in [0.15, 0.2) is 29.1 Å². The van der Waals surface area contributed by atoms with Gasteiger partial charge in [-0.05, 0) is 61.8 Å². The molecular weight excluding hydrogens is 438 g/mol. The molecule has 0 unspecified atom stereocenters. The number of aryl methyl sites for hydroxylation is 2. The Balaban J connectivity index is 1.22. The molecule has 1 amide bonds. The average Bonchev–Trinajstić information content (AvgIpc) is 3.26. The van der Waals surface area contributed by atoms with Crippen molar-refractivity contribution < 1.29 is 4.79 Å². The standard InChI is InChI=1S/C22H22ClN3O2S2/c23-14-7-5-13(6-8-14)22(9-2-10-22)26-18(27)12-29-11-17-24-20(28)19-15-3-1-4-16(15)30-21(19)25-17/h5-8H,1-4,9-12H2,(H,26,27)(H,24,25,28). The van der Waals surface area contributed by atoms with Gasteiger partial charge >= 0.3 is 0 Å². The normalized spacial score (nSPS) is 17.0. The summed E-state index contributed by atoms with van der Waals surface area (Å²) in [4.78, 5) is 34.9. The van der Waals surface area contributed by atoms with Gasteiger partial charge in [0.1, 0.15) is 10.7 Å². The third-order valence-electron chi connectivity index (χ3n) is 6.08. The maximum atomic E-state index is 12.6. The molecule has 2 aliphatic carbocycles. The Hall–Kier alpha value is -1.83. The molecule has 0 spiro atoms. The summed E-state index contributed by atoms with van der Waals surface area (Å²) >= 11 is 9.12. The number of carbonyl (C=O) groups is 1. The van der Waals surface area contributed by atoms with Gasteiger partial charge in [-0.25, -0.2) is 4.98 Å². The number of nitrogens with one attached hydrogen (secondary N) is 2. The van der Waals surface area contributed by atoms with Gasteiger partial charge < -0.3 is 10.3 Å². The number of aromatic nitrogens is 2. The van der Waals surface area contributed by atoms with Crippen LogP contribution in [0.2, 0.25) is 5.02 Å². The van der Waals surface area contributed by atoms with Gasteiger partial charge in [-0.3, -0.25) is 9.59 Å². The summed E-state index contributed by atoms with van der Waals surface area (Å²) in [5.41, 5.74) is 1.98. The number of H-pyrrole nitrogens is 1. The van der Waals surface area contributed by atoms with E-state index in [1.54, 1.807) is 11.3 Å². The third kappa shape index (κ3) is 3.67. The molecule has 5 rings (SSSR count). The quantitative estimate of drug-likeness (QED) is 0.566. The number of thiophene rings is 1. The second-order valence-electron chi connectivity index (χ2n) is 8.03. The Bertz CT molecular complexity index is 1170. The van der Waals surface area contributed by atoms with E-state index >= 15 is 0 Å². The Morgan fingerprint density at radius 1 is 1.23 bits per heavy atom. The van der Waals surface area contributed by atoms with E-state index in [-0.39, 0.29) is 17.0 Å². The molecule has 156 valence electrons. The lowest BCUT2D eigenvalue weighted by Crippen LogP contribution is -2.51. The topological polar surface area (TPSA) is 74.8 Å². The van der Waals surface area contributed by atoms with Crippen LogP contribution in [-0.2, 0) is 28.9 Å². The largest absolute Gasteiger partial charge is 0.346 e. The van der Waals surface area contributed by atoms with Gasteiger partial charge in [-0.2, -0.15) is 0 Å². The van der Waals surface area contributed by atoms with Crippen LogP contribution < -0.4 is 10.9 Å². The van der Waals surface area contributed by atoms with Crippen molar-refractivity contribution in [2.24, 2.45) is 0 Å². The van der Waals surface area contributed by atoms with E-state index in [2.05, 4.69) is 15.3 Å². The van der Waals surface area contributed by atoms with Gasteiger partial charge in [0.15, 0.2) is 0 Å². The van der Waals surface area contributed by atoms with Crippen LogP contribution >= 0.6 is 34.7 Å². The molecule has 2 aromatic heterocycles. The van der Waals surface area contributed by atoms with Crippen molar-refractivity contribution >= 4 is 50.8 Å². The highest BCUT2D eigenvalue weighted by Crippen LogP contribution is 2.41. The van der Waals surface area contributed by atoms with E-state index in [1.807, 2.05) is 24.3 Å². The first-order chi connectivity index (χ1) is 14.5. The molecule has 1 fully saturated rings. The summed E-state index contributed by atoms with van der Waals surface area (Å²) in [5.74, 6) is 1.49. The number of nitrogens with zero attached hydrogens (tertiary/aromatic N) is 1. The van der Waals surface area contributed by atoms with Crippen molar-refractivity contribution in [3.63, 3.8) is 0 Å². The lowest BCUT2D eigenvalue weighted by atomic mass is 9.72. The predicted molar refractivity (Wildman–Crippen MR) is 124 cm³/mol. The van der Waals surface area contributed by atoms with Gasteiger partial charge in [-0.15, -0.1) is 23.1 Å². The van der Waals surface area contributed by atoms with Crippen molar-refractivity contribution in [2.75, 3.05) is 5.75 Å². The maximum Gasteiger partial charge on any atom is 0.259 e. The number of aromatic amines is 1. The molecule has 0 aliphatic heterocycles. The van der Waals surface area contributed by atoms with Crippen molar-refractivity contribution in [1.82, 2.24) is 15.3 Å². The first-order valence-electron chi connectivity index (χ1n) is 10.2. The Morgan fingerprint density at radius 2 is 2.03 bits per heavy atom. The molecule has 2 aliphatic rings. The molecule has 8 heteroatoms. The lowest BCUT2D eigenvalue weighted by Gasteiger charge is -2.43. The van der Waals surface area contributed by atoms with Crippen LogP contribution in [0, 0.1) is 0 Å². The number of rotatable bonds is 6. The molecule has 2 N–H and O–H groups in total. The second kappa shape index (κ2) is 8.02. The highest BCUT2D eigenvalue weighted by molar-refractivity contribution is 7.99. The maximum absolute atomic E-state index is 12.6. The zero-order valence-corrected chi connectivity index (χ0v) is 18.8. The highest BCUT2D eigenvalue weighted by Gasteiger charge is 2.39. The number of halogens is 1. The van der Waals surface area contributed by atoms with E-state index in [9.17, 15) is 9.59 Å². The number of carbonyl (C=O) groups excluding carboxylic acids is 1. The van der Waals surface area contributed by atoms with Crippen molar-refractivity contribution in [1.29, 1.82) is 0 Å². The number of amides is 1. The zero-order valence-electron chi connectivity index (χ0n) is 16.4. The average molecular weight is 460 g/mol. The number of thioether (sulfide) groups is 1. The minimum absolute atomic E-state index is 0.00757. The summed E-state index contributed by atoms with van der Waals surface area (Å²) in [6, 6.07) is 7.74. The van der Waals surface area contributed by atoms with Crippen LogP contribution in [0.3, 0.4) is 0 Å². The summed E-state index contributed by atoms with van der Waals surface area (Å²) < 4.78 is 0. The third-order valence-corrected chi connectivity index (χ3v) is 8.46. The number of hydrogen-bond donors (Lipinski definition) is 2. The van der Waals surface area contributed by atoms with Gasteiger partial charge in [-0.1, -0.05) is 23.7 Å². The Kier molecular flexibility index (Phi) is 5.37. The van der Waals surface area contributed by atoms with Crippen molar-refractivity contribution in [3.05, 3.63) is 61.5 Å². The molecule has 2 heterocycles. The first kappa shape index (κ1) is 20.1. The number of hydrogen-bond acceptors (Lipinski definition) is 5. The Morgan fingerprint density at radius 3 is 2.77 bits per heavy atom. The van der Waals surface area contributed by atoms with Crippen molar-refractivity contribution in [2.45, 2.75) is 49.8 Å². The minimum Gasteiger partial charge on any atom is -0.346 e. The second-order valence-corrected chi connectivity index (χ2v) is 10.5. The fourth-order valence-corrected chi connectivity index (χ4v) is 6.54. The van der Waals surface area contributed by atoms with E-state index in [0.29, 0.717) is 22.4 Å². The van der Waals surface area contributed by atoms with Gasteiger partial charge in [0.25, 0.3) is 5.56 Å². The molecule has 1 aromatic carbocycles. The van der Waals surface area contributed by atoms with Crippen LogP contribution in [0.4, 0.5) is 0 Å². The van der Waals surface area contributed by atoms with Crippen LogP contribution in [0.1, 0.15) is 47.5 Å². The summed E-state index contributed by atoms with van der Waals surface area (Å²) in [7, 11) is 0. The summed E-state index contributed by atoms with van der Waals surface area (Å²) in [6.07, 6.45) is 6.14. The van der Waals surface area contributed by atoms with Gasteiger partial charge in [0, 0.05) is 9.90 Å². The van der Waals surface area contributed by atoms with E-state index in [0.717, 1.165) is 54.3 Å². The van der Waals surface area contributed by atoms with E-state index in [1.165, 1.54) is 22.2 Å². The molecule has 0 bridgehead atoms. The molecular formula is C22H22ClN3O2S2. The fraction of sp³-hybridized carbons (Fsp3) is 0.409. The smallest absolute Gasteiger partial charge is 0.259 e. The minimum atomic E-state index is -0.273. The van der Waals surface area contributed by atoms with Gasteiger partial charge in [0.2, 0.25) is 5.91 Å². The SMILES string of the molecule is O=C(CSCc1nc2sc3c(c2c(=O)[nH]1)CCC3)NC1(c2ccc(Cl)cc2)CCC1. The van der Waals surface area contributed by atoms with E-state index < -0.39 is 0 Å². The van der Waals surface area contributed by atoms with Crippen LogP contribution in [0.25, 0.3) is 10.2 Å². The fourth-order valence-electron chi connectivity index (χ4n) is 4.44. The van der Waals surface area contributed by atoms with Gasteiger partial charge in [0.05, 0.1) is 22.4 Å². The predicted octanol–water partition coefficient (Wildman–Crippen LogP) is 4.56. The monoisotopic (exact) mass is 459 g/mol. The van der Waals surface area contributed by atoms with E-state index in [4.69, 9.17) is 11.6 Å².